The number of benzene rings is 2. The fraction of sp³-hybridized carbons (Fsp3) is 0.167. The summed E-state index contributed by atoms with van der Waals surface area (Å²) in [5, 5.41) is 5.51. The molecule has 2 aromatic carbocycles. The van der Waals surface area contributed by atoms with Crippen LogP contribution in [0.15, 0.2) is 55.1 Å². The van der Waals surface area contributed by atoms with Crippen molar-refractivity contribution in [3.05, 3.63) is 81.3 Å². The van der Waals surface area contributed by atoms with Gasteiger partial charge in [-0.3, -0.25) is 0 Å². The molecule has 0 unspecified atom stereocenters. The van der Waals surface area contributed by atoms with Gasteiger partial charge in [-0.15, -0.1) is 0 Å². The number of carbonyl (C=O) groups is 1. The molecule has 1 aromatic heterocycles. The molecule has 3 aromatic rings. The van der Waals surface area contributed by atoms with Crippen molar-refractivity contribution < 1.29 is 14.3 Å². The Morgan fingerprint density at radius 3 is 2.48 bits per heavy atom. The maximum Gasteiger partial charge on any atom is 0.510 e. The number of carbonyl (C=O) groups excluding carboxylic acids is 1. The number of rotatable bonds is 4. The van der Waals surface area contributed by atoms with Crippen LogP contribution in [0.4, 0.5) is 4.79 Å². The van der Waals surface area contributed by atoms with Crippen LogP contribution in [0.5, 0.6) is 0 Å². The molecule has 1 saturated heterocycles. The minimum atomic E-state index is -1.26. The molecule has 0 N–H and O–H groups in total. The maximum atomic E-state index is 12.2. The number of aromatic nitrogens is 3. The lowest BCUT2D eigenvalue weighted by Gasteiger charge is -2.32. The van der Waals surface area contributed by atoms with Crippen LogP contribution in [0.25, 0.3) is 0 Å². The zero-order valence-electron chi connectivity index (χ0n) is 13.7. The SMILES string of the molecule is O=C1O[C@H](c2ccc(Cl)cc2)[C@](Cn2cncn2)(c2ccc(Cl)cc2Cl)O1. The van der Waals surface area contributed by atoms with Gasteiger partial charge in [0.2, 0.25) is 5.60 Å². The van der Waals surface area contributed by atoms with Crippen LogP contribution < -0.4 is 0 Å². The molecule has 27 heavy (non-hydrogen) atoms. The summed E-state index contributed by atoms with van der Waals surface area (Å²) in [6.45, 7) is 0.146. The molecule has 138 valence electrons. The second-order valence-corrected chi connectivity index (χ2v) is 7.29. The Kier molecular flexibility index (Phi) is 4.72. The van der Waals surface area contributed by atoms with E-state index < -0.39 is 17.9 Å². The van der Waals surface area contributed by atoms with Crippen LogP contribution in [0.1, 0.15) is 17.2 Å². The topological polar surface area (TPSA) is 66.2 Å². The first-order chi connectivity index (χ1) is 13.0. The Morgan fingerprint density at radius 1 is 1.07 bits per heavy atom. The molecule has 1 aliphatic heterocycles. The first-order valence-corrected chi connectivity index (χ1v) is 9.04. The molecule has 0 radical (unpaired) electrons. The third kappa shape index (κ3) is 3.36. The van der Waals surface area contributed by atoms with Crippen LogP contribution in [0.2, 0.25) is 15.1 Å². The second-order valence-electron chi connectivity index (χ2n) is 6.01. The number of halogens is 3. The fourth-order valence-corrected chi connectivity index (χ4v) is 3.87. The van der Waals surface area contributed by atoms with E-state index in [-0.39, 0.29) is 6.54 Å². The Bertz CT molecular complexity index is 979. The standard InChI is InChI=1S/C18H12Cl3N3O3/c19-12-3-1-11(2-4-12)16-18(27-17(25)26-16,8-24-10-22-9-23-24)14-6-5-13(20)7-15(14)21/h1-7,9-10,16H,8H2/t16-,18+/m1/s1. The van der Waals surface area contributed by atoms with Gasteiger partial charge in [0.25, 0.3) is 0 Å². The minimum Gasteiger partial charge on any atom is -0.421 e. The Labute approximate surface area is 169 Å². The third-order valence-electron chi connectivity index (χ3n) is 4.33. The monoisotopic (exact) mass is 423 g/mol. The average molecular weight is 425 g/mol. The molecule has 2 atom stereocenters. The van der Waals surface area contributed by atoms with E-state index in [4.69, 9.17) is 44.3 Å². The highest BCUT2D eigenvalue weighted by Gasteiger charge is 2.55. The molecule has 9 heteroatoms. The summed E-state index contributed by atoms with van der Waals surface area (Å²) >= 11 is 18.5. The molecular formula is C18H12Cl3N3O3. The van der Waals surface area contributed by atoms with Crippen molar-refractivity contribution in [1.82, 2.24) is 14.8 Å². The lowest BCUT2D eigenvalue weighted by Crippen LogP contribution is -2.37. The summed E-state index contributed by atoms with van der Waals surface area (Å²) in [5.74, 6) is 0. The molecule has 0 saturated carbocycles. The van der Waals surface area contributed by atoms with Gasteiger partial charge in [-0.25, -0.2) is 14.5 Å². The number of hydrogen-bond donors (Lipinski definition) is 0. The van der Waals surface area contributed by atoms with Gasteiger partial charge in [0.15, 0.2) is 6.10 Å². The van der Waals surface area contributed by atoms with Crippen LogP contribution in [0, 0.1) is 0 Å². The van der Waals surface area contributed by atoms with E-state index in [9.17, 15) is 4.79 Å². The van der Waals surface area contributed by atoms with Crippen molar-refractivity contribution in [3.63, 3.8) is 0 Å². The van der Waals surface area contributed by atoms with Gasteiger partial charge in [-0.05, 0) is 29.8 Å². The number of nitrogens with zero attached hydrogens (tertiary/aromatic N) is 3. The molecule has 1 aliphatic rings. The van der Waals surface area contributed by atoms with E-state index in [1.807, 2.05) is 0 Å². The van der Waals surface area contributed by atoms with E-state index in [1.54, 1.807) is 47.1 Å². The van der Waals surface area contributed by atoms with E-state index in [1.165, 1.54) is 12.7 Å². The predicted octanol–water partition coefficient (Wildman–Crippen LogP) is 5.04. The highest BCUT2D eigenvalue weighted by Crippen LogP contribution is 2.50. The Hall–Kier alpha value is -2.28. The molecule has 0 bridgehead atoms. The maximum absolute atomic E-state index is 12.2. The molecule has 1 fully saturated rings. The molecule has 0 spiro atoms. The lowest BCUT2D eigenvalue weighted by molar-refractivity contribution is 0.00364. The van der Waals surface area contributed by atoms with Crippen molar-refractivity contribution in [2.45, 2.75) is 18.2 Å². The highest BCUT2D eigenvalue weighted by atomic mass is 35.5. The summed E-state index contributed by atoms with van der Waals surface area (Å²) in [5.41, 5.74) is -0.00782. The largest absolute Gasteiger partial charge is 0.510 e. The van der Waals surface area contributed by atoms with Crippen LogP contribution in [0.3, 0.4) is 0 Å². The minimum absolute atomic E-state index is 0.146. The van der Waals surface area contributed by atoms with E-state index >= 15 is 0 Å². The van der Waals surface area contributed by atoms with Gasteiger partial charge in [0, 0.05) is 20.6 Å². The van der Waals surface area contributed by atoms with Crippen molar-refractivity contribution >= 4 is 41.0 Å². The van der Waals surface area contributed by atoms with Gasteiger partial charge in [0.05, 0.1) is 6.54 Å². The van der Waals surface area contributed by atoms with E-state index in [0.29, 0.717) is 26.2 Å². The van der Waals surface area contributed by atoms with Gasteiger partial charge >= 0.3 is 6.16 Å². The van der Waals surface area contributed by atoms with Gasteiger partial charge in [-0.2, -0.15) is 5.10 Å². The van der Waals surface area contributed by atoms with Crippen molar-refractivity contribution in [1.29, 1.82) is 0 Å². The summed E-state index contributed by atoms with van der Waals surface area (Å²) < 4.78 is 12.8. The van der Waals surface area contributed by atoms with Crippen molar-refractivity contribution in [3.8, 4) is 0 Å². The van der Waals surface area contributed by atoms with Crippen LogP contribution in [-0.4, -0.2) is 20.9 Å². The Morgan fingerprint density at radius 2 is 1.81 bits per heavy atom. The summed E-state index contributed by atoms with van der Waals surface area (Å²) in [6, 6.07) is 12.0. The van der Waals surface area contributed by atoms with Crippen LogP contribution in [-0.2, 0) is 21.6 Å². The average Bonchev–Trinajstić information content (AvgIpc) is 3.24. The summed E-state index contributed by atoms with van der Waals surface area (Å²) in [7, 11) is 0. The van der Waals surface area contributed by atoms with Crippen molar-refractivity contribution in [2.24, 2.45) is 0 Å². The van der Waals surface area contributed by atoms with Gasteiger partial charge in [0.1, 0.15) is 12.7 Å². The molecular weight excluding hydrogens is 413 g/mol. The molecule has 6 nitrogen and oxygen atoms in total. The summed E-state index contributed by atoms with van der Waals surface area (Å²) in [6.07, 6.45) is 1.34. The lowest BCUT2D eigenvalue weighted by atomic mass is 9.84. The van der Waals surface area contributed by atoms with Gasteiger partial charge in [-0.1, -0.05) is 53.0 Å². The van der Waals surface area contributed by atoms with E-state index in [2.05, 4.69) is 10.1 Å². The van der Waals surface area contributed by atoms with Crippen LogP contribution >= 0.6 is 34.8 Å². The summed E-state index contributed by atoms with van der Waals surface area (Å²) in [4.78, 5) is 16.2. The first kappa shape index (κ1) is 18.1. The zero-order chi connectivity index (χ0) is 19.0. The Balaban J connectivity index is 1.89. The first-order valence-electron chi connectivity index (χ1n) is 7.91. The fourth-order valence-electron chi connectivity index (χ4n) is 3.18. The third-order valence-corrected chi connectivity index (χ3v) is 5.13. The molecule has 4 rings (SSSR count). The van der Waals surface area contributed by atoms with Gasteiger partial charge < -0.3 is 9.47 Å². The molecule has 0 amide bonds. The van der Waals surface area contributed by atoms with E-state index in [0.717, 1.165) is 0 Å². The predicted molar refractivity (Wildman–Crippen MR) is 99.9 cm³/mol. The smallest absolute Gasteiger partial charge is 0.421 e. The number of cyclic esters (lactones) is 2. The molecule has 2 heterocycles. The second kappa shape index (κ2) is 7.03. The molecule has 0 aliphatic carbocycles. The number of hydrogen-bond acceptors (Lipinski definition) is 5. The van der Waals surface area contributed by atoms with Crippen molar-refractivity contribution in [2.75, 3.05) is 0 Å². The quantitative estimate of drug-likeness (QED) is 0.549. The zero-order valence-corrected chi connectivity index (χ0v) is 15.9. The highest BCUT2D eigenvalue weighted by molar-refractivity contribution is 6.35. The number of ether oxygens (including phenoxy) is 2. The normalized spacial score (nSPS) is 21.7.